The summed E-state index contributed by atoms with van der Waals surface area (Å²) in [6, 6.07) is 5.52. The van der Waals surface area contributed by atoms with Crippen molar-refractivity contribution in [2.45, 2.75) is 27.2 Å². The minimum absolute atomic E-state index is 0.134. The largest absolute Gasteiger partial charge is 0.351 e. The Kier molecular flexibility index (Phi) is 4.98. The Morgan fingerprint density at radius 2 is 2.10 bits per heavy atom. The van der Waals surface area contributed by atoms with E-state index < -0.39 is 0 Å². The van der Waals surface area contributed by atoms with Gasteiger partial charge in [-0.15, -0.1) is 11.3 Å². The molecular formula is C20H20N6O2S. The molecule has 0 aliphatic heterocycles. The zero-order chi connectivity index (χ0) is 20.5. The normalized spacial score (nSPS) is 11.1. The van der Waals surface area contributed by atoms with E-state index in [-0.39, 0.29) is 11.5 Å². The molecule has 0 radical (unpaired) electrons. The van der Waals surface area contributed by atoms with E-state index in [0.717, 1.165) is 15.3 Å². The summed E-state index contributed by atoms with van der Waals surface area (Å²) in [6.45, 7) is 6.09. The molecule has 0 bridgehead atoms. The Balaban J connectivity index is 1.45. The minimum Gasteiger partial charge on any atom is -0.351 e. The molecule has 29 heavy (non-hydrogen) atoms. The number of carbonyl (C=O) groups is 1. The molecular weight excluding hydrogens is 388 g/mol. The third-order valence-electron chi connectivity index (χ3n) is 4.86. The maximum Gasteiger partial charge on any atom is 0.259 e. The lowest BCUT2D eigenvalue weighted by Gasteiger charge is -2.06. The van der Waals surface area contributed by atoms with Crippen LogP contribution in [0.25, 0.3) is 16.0 Å². The Hall–Kier alpha value is -3.33. The van der Waals surface area contributed by atoms with E-state index >= 15 is 0 Å². The maximum absolute atomic E-state index is 12.6. The highest BCUT2D eigenvalue weighted by Gasteiger charge is 2.16. The van der Waals surface area contributed by atoms with Crippen LogP contribution in [0.1, 0.15) is 32.3 Å². The second-order valence-electron chi connectivity index (χ2n) is 6.73. The smallest absolute Gasteiger partial charge is 0.259 e. The van der Waals surface area contributed by atoms with E-state index in [9.17, 15) is 9.59 Å². The van der Waals surface area contributed by atoms with Gasteiger partial charge in [0.05, 0.1) is 22.8 Å². The van der Waals surface area contributed by atoms with Crippen LogP contribution in [0, 0.1) is 20.8 Å². The number of H-pyrrole nitrogens is 1. The van der Waals surface area contributed by atoms with Gasteiger partial charge in [-0.05, 0) is 38.5 Å². The number of thiophene rings is 1. The molecule has 0 aliphatic carbocycles. The number of nitrogens with zero attached hydrogens (tertiary/aromatic N) is 4. The fourth-order valence-corrected chi connectivity index (χ4v) is 4.20. The van der Waals surface area contributed by atoms with E-state index in [2.05, 4.69) is 25.4 Å². The lowest BCUT2D eigenvalue weighted by atomic mass is 10.2. The van der Waals surface area contributed by atoms with Crippen LogP contribution in [0.3, 0.4) is 0 Å². The van der Waals surface area contributed by atoms with E-state index in [1.165, 1.54) is 17.5 Å². The maximum atomic E-state index is 12.6. The lowest BCUT2D eigenvalue weighted by molar-refractivity contribution is 0.0953. The van der Waals surface area contributed by atoms with Crippen molar-refractivity contribution in [1.29, 1.82) is 0 Å². The van der Waals surface area contributed by atoms with E-state index in [0.29, 0.717) is 41.3 Å². The number of hydrogen-bond acceptors (Lipinski definition) is 6. The first-order valence-electron chi connectivity index (χ1n) is 9.19. The van der Waals surface area contributed by atoms with Crippen molar-refractivity contribution in [2.75, 3.05) is 6.54 Å². The third kappa shape index (κ3) is 3.56. The minimum atomic E-state index is -0.226. The van der Waals surface area contributed by atoms with Gasteiger partial charge >= 0.3 is 0 Å². The van der Waals surface area contributed by atoms with Crippen LogP contribution >= 0.6 is 11.3 Å². The SMILES string of the molecule is Cc1sc2nc(CCNC(=O)c3cnn(-c4ccccn4)c3C)[nH]c(=O)c2c1C. The monoisotopic (exact) mass is 408 g/mol. The first-order valence-corrected chi connectivity index (χ1v) is 10.0. The number of aromatic nitrogens is 5. The van der Waals surface area contributed by atoms with Gasteiger partial charge in [-0.2, -0.15) is 5.10 Å². The number of pyridine rings is 1. The molecule has 4 aromatic rings. The van der Waals surface area contributed by atoms with Gasteiger partial charge in [0.1, 0.15) is 10.7 Å². The Bertz CT molecular complexity index is 1260. The number of hydrogen-bond donors (Lipinski definition) is 2. The zero-order valence-corrected chi connectivity index (χ0v) is 17.1. The standard InChI is InChI=1S/C20H20N6O2S/c1-11-13(3)29-20-17(11)19(28)24-15(25-20)7-9-22-18(27)14-10-23-26(12(14)2)16-6-4-5-8-21-16/h4-6,8,10H,7,9H2,1-3H3,(H,22,27)(H,24,25,28). The fraction of sp³-hybridized carbons (Fsp3) is 0.250. The summed E-state index contributed by atoms with van der Waals surface area (Å²) >= 11 is 1.51. The molecule has 0 unspecified atom stereocenters. The van der Waals surface area contributed by atoms with Crippen molar-refractivity contribution in [2.24, 2.45) is 0 Å². The third-order valence-corrected chi connectivity index (χ3v) is 5.96. The predicted octanol–water partition coefficient (Wildman–Crippen LogP) is 2.46. The van der Waals surface area contributed by atoms with Crippen molar-refractivity contribution in [3.05, 3.63) is 68.5 Å². The molecule has 4 rings (SSSR count). The first kappa shape index (κ1) is 19.0. The van der Waals surface area contributed by atoms with Crippen LogP contribution in [0.4, 0.5) is 0 Å². The van der Waals surface area contributed by atoms with E-state index in [4.69, 9.17) is 0 Å². The lowest BCUT2D eigenvalue weighted by Crippen LogP contribution is -2.27. The molecule has 0 aliphatic rings. The molecule has 4 aromatic heterocycles. The molecule has 0 saturated carbocycles. The van der Waals surface area contributed by atoms with Gasteiger partial charge < -0.3 is 10.3 Å². The van der Waals surface area contributed by atoms with E-state index in [1.54, 1.807) is 10.9 Å². The summed E-state index contributed by atoms with van der Waals surface area (Å²) < 4.78 is 1.63. The van der Waals surface area contributed by atoms with Crippen molar-refractivity contribution >= 4 is 27.5 Å². The van der Waals surface area contributed by atoms with Crippen molar-refractivity contribution in [1.82, 2.24) is 30.0 Å². The number of rotatable bonds is 5. The topological polar surface area (TPSA) is 106 Å². The predicted molar refractivity (Wildman–Crippen MR) is 112 cm³/mol. The number of fused-ring (bicyclic) bond motifs is 1. The van der Waals surface area contributed by atoms with Crippen LogP contribution in [0.15, 0.2) is 35.4 Å². The molecule has 0 aromatic carbocycles. The van der Waals surface area contributed by atoms with Gasteiger partial charge in [-0.1, -0.05) is 6.07 Å². The molecule has 148 valence electrons. The van der Waals surface area contributed by atoms with Crippen LogP contribution in [0.5, 0.6) is 0 Å². The second kappa shape index (κ2) is 7.59. The molecule has 8 nitrogen and oxygen atoms in total. The summed E-state index contributed by atoms with van der Waals surface area (Å²) in [6.07, 6.45) is 3.64. The summed E-state index contributed by atoms with van der Waals surface area (Å²) in [5, 5.41) is 7.78. The van der Waals surface area contributed by atoms with Gasteiger partial charge in [0.15, 0.2) is 5.82 Å². The van der Waals surface area contributed by atoms with Gasteiger partial charge in [0.25, 0.3) is 11.5 Å². The number of carbonyl (C=O) groups excluding carboxylic acids is 1. The number of aromatic amines is 1. The highest BCUT2D eigenvalue weighted by molar-refractivity contribution is 7.18. The average Bonchev–Trinajstić information content (AvgIpc) is 3.22. The van der Waals surface area contributed by atoms with Crippen molar-refractivity contribution in [3.8, 4) is 5.82 Å². The van der Waals surface area contributed by atoms with Crippen LogP contribution in [0.2, 0.25) is 0 Å². The Morgan fingerprint density at radius 1 is 1.28 bits per heavy atom. The molecule has 0 spiro atoms. The highest BCUT2D eigenvalue weighted by atomic mass is 32.1. The van der Waals surface area contributed by atoms with Gasteiger partial charge in [-0.3, -0.25) is 9.59 Å². The van der Waals surface area contributed by atoms with Crippen molar-refractivity contribution in [3.63, 3.8) is 0 Å². The number of nitrogens with one attached hydrogen (secondary N) is 2. The average molecular weight is 408 g/mol. The zero-order valence-electron chi connectivity index (χ0n) is 16.3. The first-order chi connectivity index (χ1) is 14.0. The molecule has 2 N–H and O–H groups in total. The van der Waals surface area contributed by atoms with E-state index in [1.807, 2.05) is 39.0 Å². The highest BCUT2D eigenvalue weighted by Crippen LogP contribution is 2.25. The van der Waals surface area contributed by atoms with Gasteiger partial charge in [-0.25, -0.2) is 14.6 Å². The summed E-state index contributed by atoms with van der Waals surface area (Å²) in [4.78, 5) is 38.3. The van der Waals surface area contributed by atoms with Crippen molar-refractivity contribution < 1.29 is 4.79 Å². The summed E-state index contributed by atoms with van der Waals surface area (Å²) in [5.74, 6) is 0.988. The quantitative estimate of drug-likeness (QED) is 0.528. The molecule has 9 heteroatoms. The molecule has 4 heterocycles. The molecule has 0 fully saturated rings. The molecule has 1 amide bonds. The molecule has 0 saturated heterocycles. The van der Waals surface area contributed by atoms with Crippen LogP contribution in [-0.2, 0) is 6.42 Å². The Morgan fingerprint density at radius 3 is 2.86 bits per heavy atom. The number of amides is 1. The van der Waals surface area contributed by atoms with Crippen LogP contribution < -0.4 is 10.9 Å². The second-order valence-corrected chi connectivity index (χ2v) is 7.93. The Labute approximate surface area is 170 Å². The summed E-state index contributed by atoms with van der Waals surface area (Å²) in [5.41, 5.74) is 2.03. The van der Waals surface area contributed by atoms with Gasteiger partial charge in [0.2, 0.25) is 0 Å². The van der Waals surface area contributed by atoms with Gasteiger partial charge in [0, 0.05) is 24.0 Å². The molecule has 0 atom stereocenters. The van der Waals surface area contributed by atoms with Crippen LogP contribution in [-0.4, -0.2) is 37.2 Å². The summed E-state index contributed by atoms with van der Waals surface area (Å²) in [7, 11) is 0. The fourth-order valence-electron chi connectivity index (χ4n) is 3.15. The number of aryl methyl sites for hydroxylation is 2.